The molecule has 14 heavy (non-hydrogen) atoms. The van der Waals surface area contributed by atoms with E-state index >= 15 is 0 Å². The molecule has 0 fully saturated rings. The first-order chi connectivity index (χ1) is 6.10. The summed E-state index contributed by atoms with van der Waals surface area (Å²) in [5.74, 6) is 0. The lowest BCUT2D eigenvalue weighted by atomic mass is 9.86. The van der Waals surface area contributed by atoms with Crippen LogP contribution in [0, 0.1) is 10.8 Å². The first-order valence-corrected chi connectivity index (χ1v) is 6.52. The van der Waals surface area contributed by atoms with Crippen LogP contribution in [0.3, 0.4) is 0 Å². The third-order valence-electron chi connectivity index (χ3n) is 2.38. The highest BCUT2D eigenvalue weighted by molar-refractivity contribution is 7.17. The molecule has 0 N–H and O–H groups in total. The van der Waals surface area contributed by atoms with Crippen LogP contribution >= 0.6 is 9.24 Å². The fourth-order valence-electron chi connectivity index (χ4n) is 1.78. The minimum absolute atomic E-state index is 0.480. The van der Waals surface area contributed by atoms with E-state index in [0.717, 1.165) is 5.66 Å². The van der Waals surface area contributed by atoms with Gasteiger partial charge < -0.3 is 0 Å². The molecule has 0 radical (unpaired) electrons. The Balaban J connectivity index is 3.60. The average Bonchev–Trinajstić information content (AvgIpc) is 1.78. The van der Waals surface area contributed by atoms with E-state index in [1.54, 1.807) is 0 Å². The van der Waals surface area contributed by atoms with E-state index in [-0.39, 0.29) is 0 Å². The summed E-state index contributed by atoms with van der Waals surface area (Å²) >= 11 is 0. The zero-order chi connectivity index (χ0) is 11.4. The van der Waals surface area contributed by atoms with Crippen molar-refractivity contribution < 1.29 is 0 Å². The van der Waals surface area contributed by atoms with Crippen LogP contribution in [-0.4, -0.2) is 5.66 Å². The Morgan fingerprint density at radius 2 is 1.43 bits per heavy atom. The normalized spacial score (nSPS) is 15.6. The van der Waals surface area contributed by atoms with Crippen LogP contribution in [0.5, 0.6) is 0 Å². The van der Waals surface area contributed by atoms with Crippen LogP contribution in [0.2, 0.25) is 0 Å². The Morgan fingerprint density at radius 3 is 1.79 bits per heavy atom. The van der Waals surface area contributed by atoms with Crippen molar-refractivity contribution in [3.8, 4) is 0 Å². The number of rotatable bonds is 4. The molecule has 0 saturated heterocycles. The molecular formula is C13H29P. The van der Waals surface area contributed by atoms with E-state index < -0.39 is 0 Å². The maximum absolute atomic E-state index is 3.01. The lowest BCUT2D eigenvalue weighted by Crippen LogP contribution is -2.13. The Morgan fingerprint density at radius 1 is 0.929 bits per heavy atom. The van der Waals surface area contributed by atoms with Gasteiger partial charge in [0, 0.05) is 0 Å². The van der Waals surface area contributed by atoms with Gasteiger partial charge in [0.05, 0.1) is 0 Å². The van der Waals surface area contributed by atoms with Gasteiger partial charge in [0.25, 0.3) is 0 Å². The van der Waals surface area contributed by atoms with Crippen molar-refractivity contribution in [2.45, 2.75) is 72.9 Å². The van der Waals surface area contributed by atoms with Crippen molar-refractivity contribution >= 4 is 9.24 Å². The molecule has 0 aliphatic carbocycles. The molecule has 0 amide bonds. The van der Waals surface area contributed by atoms with Gasteiger partial charge >= 0.3 is 0 Å². The zero-order valence-corrected chi connectivity index (χ0v) is 12.1. The van der Waals surface area contributed by atoms with Gasteiger partial charge in [0.15, 0.2) is 0 Å². The van der Waals surface area contributed by atoms with Crippen LogP contribution in [0.1, 0.15) is 67.2 Å². The third kappa shape index (κ3) is 10.5. The largest absolute Gasteiger partial charge is 0.134 e. The lowest BCUT2D eigenvalue weighted by molar-refractivity contribution is 0.334. The standard InChI is InChI=1S/C13H29P/c1-12(2,3)9-7-8-11(14)10-13(4,5)6/h11H,7-10,14H2,1-6H3. The summed E-state index contributed by atoms with van der Waals surface area (Å²) in [5.41, 5.74) is 1.79. The second-order valence-electron chi connectivity index (χ2n) is 6.98. The van der Waals surface area contributed by atoms with Gasteiger partial charge in [-0.3, -0.25) is 0 Å². The topological polar surface area (TPSA) is 0 Å². The highest BCUT2D eigenvalue weighted by Gasteiger charge is 2.16. The molecule has 0 saturated carbocycles. The monoisotopic (exact) mass is 216 g/mol. The number of hydrogen-bond acceptors (Lipinski definition) is 0. The van der Waals surface area contributed by atoms with Gasteiger partial charge in [-0.25, -0.2) is 0 Å². The van der Waals surface area contributed by atoms with Crippen LogP contribution in [0.15, 0.2) is 0 Å². The smallest absolute Gasteiger partial charge is 0.0259 e. The van der Waals surface area contributed by atoms with E-state index in [1.807, 2.05) is 0 Å². The first kappa shape index (κ1) is 14.4. The molecule has 0 nitrogen and oxygen atoms in total. The van der Waals surface area contributed by atoms with E-state index in [2.05, 4.69) is 50.8 Å². The maximum atomic E-state index is 3.01. The van der Waals surface area contributed by atoms with Gasteiger partial charge in [-0.15, -0.1) is 9.24 Å². The summed E-state index contributed by atoms with van der Waals surface area (Å²) in [7, 11) is 3.01. The molecule has 0 rings (SSSR count). The Bertz CT molecular complexity index is 148. The van der Waals surface area contributed by atoms with Gasteiger partial charge in [0.1, 0.15) is 0 Å². The summed E-state index contributed by atoms with van der Waals surface area (Å²) in [6.45, 7) is 14.0. The molecule has 0 aromatic rings. The lowest BCUT2D eigenvalue weighted by Gasteiger charge is -2.24. The minimum Gasteiger partial charge on any atom is -0.134 e. The predicted octanol–water partition coefficient (Wildman–Crippen LogP) is 4.88. The fraction of sp³-hybridized carbons (Fsp3) is 1.00. The summed E-state index contributed by atoms with van der Waals surface area (Å²) < 4.78 is 0. The third-order valence-corrected chi connectivity index (χ3v) is 2.95. The molecule has 2 unspecified atom stereocenters. The SMILES string of the molecule is CC(C)(C)CCCC(P)CC(C)(C)C. The van der Waals surface area contributed by atoms with Crippen molar-refractivity contribution in [3.63, 3.8) is 0 Å². The van der Waals surface area contributed by atoms with Crippen LogP contribution in [-0.2, 0) is 0 Å². The quantitative estimate of drug-likeness (QED) is 0.587. The predicted molar refractivity (Wildman–Crippen MR) is 70.9 cm³/mol. The Hall–Kier alpha value is 0.430. The fourth-order valence-corrected chi connectivity index (χ4v) is 2.73. The molecule has 0 bridgehead atoms. The van der Waals surface area contributed by atoms with E-state index in [4.69, 9.17) is 0 Å². The molecule has 0 aromatic carbocycles. The molecule has 0 aliphatic heterocycles. The molecule has 0 spiro atoms. The second-order valence-corrected chi connectivity index (χ2v) is 7.92. The minimum atomic E-state index is 0.480. The van der Waals surface area contributed by atoms with Crippen molar-refractivity contribution in [3.05, 3.63) is 0 Å². The molecule has 2 atom stereocenters. The summed E-state index contributed by atoms with van der Waals surface area (Å²) in [4.78, 5) is 0. The maximum Gasteiger partial charge on any atom is -0.0259 e. The molecule has 86 valence electrons. The molecule has 0 heterocycles. The second kappa shape index (κ2) is 5.50. The highest BCUT2D eigenvalue weighted by Crippen LogP contribution is 2.29. The Labute approximate surface area is 93.4 Å². The van der Waals surface area contributed by atoms with Gasteiger partial charge in [0.2, 0.25) is 0 Å². The first-order valence-electron chi connectivity index (χ1n) is 5.86. The summed E-state index contributed by atoms with van der Waals surface area (Å²) in [6.07, 6.45) is 5.40. The summed E-state index contributed by atoms with van der Waals surface area (Å²) in [6, 6.07) is 0. The van der Waals surface area contributed by atoms with E-state index in [1.165, 1.54) is 25.7 Å². The van der Waals surface area contributed by atoms with Crippen LogP contribution in [0.4, 0.5) is 0 Å². The zero-order valence-electron chi connectivity index (χ0n) is 11.0. The average molecular weight is 216 g/mol. The number of hydrogen-bond donors (Lipinski definition) is 0. The van der Waals surface area contributed by atoms with Crippen molar-refractivity contribution in [1.29, 1.82) is 0 Å². The van der Waals surface area contributed by atoms with Gasteiger partial charge in [-0.2, -0.15) is 0 Å². The molecule has 0 aromatic heterocycles. The van der Waals surface area contributed by atoms with Crippen LogP contribution < -0.4 is 0 Å². The highest BCUT2D eigenvalue weighted by atomic mass is 31.0. The van der Waals surface area contributed by atoms with Crippen molar-refractivity contribution in [2.75, 3.05) is 0 Å². The Kier molecular flexibility index (Phi) is 5.67. The van der Waals surface area contributed by atoms with Crippen LogP contribution in [0.25, 0.3) is 0 Å². The van der Waals surface area contributed by atoms with Crippen molar-refractivity contribution in [1.82, 2.24) is 0 Å². The van der Waals surface area contributed by atoms with Crippen molar-refractivity contribution in [2.24, 2.45) is 10.8 Å². The van der Waals surface area contributed by atoms with Gasteiger partial charge in [-0.1, -0.05) is 48.0 Å². The molecule has 1 heteroatoms. The molecule has 0 aliphatic rings. The van der Waals surface area contributed by atoms with E-state index in [9.17, 15) is 0 Å². The molecular weight excluding hydrogens is 187 g/mol. The van der Waals surface area contributed by atoms with E-state index in [0.29, 0.717) is 10.8 Å². The summed E-state index contributed by atoms with van der Waals surface area (Å²) in [5, 5.41) is 0. The van der Waals surface area contributed by atoms with Gasteiger partial charge in [-0.05, 0) is 35.8 Å².